The van der Waals surface area contributed by atoms with Gasteiger partial charge in [0.25, 0.3) is 0 Å². The molecule has 1 heteroatoms. The number of benzene rings is 3. The predicted octanol–water partition coefficient (Wildman–Crippen LogP) is 7.23. The molecule has 0 heterocycles. The zero-order valence-electron chi connectivity index (χ0n) is 17.9. The van der Waals surface area contributed by atoms with E-state index in [0.717, 1.165) is 23.1 Å². The fourth-order valence-corrected chi connectivity index (χ4v) is 4.25. The summed E-state index contributed by atoms with van der Waals surface area (Å²) >= 11 is 0. The van der Waals surface area contributed by atoms with Gasteiger partial charge in [-0.25, -0.2) is 0 Å². The zero-order valence-corrected chi connectivity index (χ0v) is 17.9. The lowest BCUT2D eigenvalue weighted by molar-refractivity contribution is 0.446. The minimum absolute atomic E-state index is 0.0172. The molecule has 3 aromatic rings. The lowest BCUT2D eigenvalue weighted by Crippen LogP contribution is -2.17. The van der Waals surface area contributed by atoms with Gasteiger partial charge in [-0.3, -0.25) is 0 Å². The van der Waals surface area contributed by atoms with Gasteiger partial charge in [0, 0.05) is 11.1 Å². The lowest BCUT2D eigenvalue weighted by atomic mass is 9.77. The molecule has 0 aromatic heterocycles. The minimum Gasteiger partial charge on any atom is -0.507 e. The van der Waals surface area contributed by atoms with Crippen LogP contribution >= 0.6 is 0 Å². The van der Waals surface area contributed by atoms with Crippen molar-refractivity contribution in [1.82, 2.24) is 0 Å². The summed E-state index contributed by atoms with van der Waals surface area (Å²) in [6, 6.07) is 19.5. The summed E-state index contributed by atoms with van der Waals surface area (Å²) in [6.07, 6.45) is 0.922. The Morgan fingerprint density at radius 3 is 1.93 bits per heavy atom. The van der Waals surface area contributed by atoms with Gasteiger partial charge in [-0.2, -0.15) is 0 Å². The first-order valence-corrected chi connectivity index (χ1v) is 10.2. The van der Waals surface area contributed by atoms with E-state index in [-0.39, 0.29) is 10.8 Å². The van der Waals surface area contributed by atoms with Gasteiger partial charge < -0.3 is 5.11 Å². The van der Waals surface area contributed by atoms with Crippen LogP contribution in [0.25, 0.3) is 22.3 Å². The largest absolute Gasteiger partial charge is 0.507 e. The van der Waals surface area contributed by atoms with E-state index in [2.05, 4.69) is 96.1 Å². The van der Waals surface area contributed by atoms with Crippen LogP contribution in [0.2, 0.25) is 0 Å². The second kappa shape index (κ2) is 6.24. The maximum Gasteiger partial charge on any atom is 0.127 e. The summed E-state index contributed by atoms with van der Waals surface area (Å²) in [4.78, 5) is 0. The Kier molecular flexibility index (Phi) is 4.19. The summed E-state index contributed by atoms with van der Waals surface area (Å²) in [6.45, 7) is 13.2. The molecule has 3 aromatic carbocycles. The Labute approximate surface area is 169 Å². The molecule has 0 fully saturated rings. The molecule has 1 nitrogen and oxygen atoms in total. The Morgan fingerprint density at radius 2 is 1.29 bits per heavy atom. The van der Waals surface area contributed by atoms with Crippen LogP contribution in [0.4, 0.5) is 0 Å². The maximum atomic E-state index is 11.3. The Bertz CT molecular complexity index is 1060. The van der Waals surface area contributed by atoms with E-state index >= 15 is 0 Å². The number of phenols is 1. The summed E-state index contributed by atoms with van der Waals surface area (Å²) in [5.41, 5.74) is 9.60. The fraction of sp³-hybridized carbons (Fsp3) is 0.333. The quantitative estimate of drug-likeness (QED) is 0.375. The first kappa shape index (κ1) is 18.8. The van der Waals surface area contributed by atoms with E-state index in [9.17, 15) is 5.11 Å². The average molecular weight is 371 g/mol. The van der Waals surface area contributed by atoms with Gasteiger partial charge >= 0.3 is 0 Å². The van der Waals surface area contributed by atoms with Crippen molar-refractivity contribution in [3.05, 3.63) is 76.9 Å². The molecular formula is C27H30O. The second-order valence-corrected chi connectivity index (χ2v) is 10.1. The lowest BCUT2D eigenvalue weighted by Gasteiger charge is -2.28. The molecule has 1 N–H and O–H groups in total. The highest BCUT2D eigenvalue weighted by molar-refractivity contribution is 5.87. The normalized spacial score (nSPS) is 13.4. The summed E-state index contributed by atoms with van der Waals surface area (Å²) in [5.74, 6) is 0.421. The number of phenolic OH excluding ortho intramolecular Hbond substituents is 1. The van der Waals surface area contributed by atoms with Crippen LogP contribution in [0.3, 0.4) is 0 Å². The Hall–Kier alpha value is -2.54. The van der Waals surface area contributed by atoms with Crippen LogP contribution in [0.5, 0.6) is 5.75 Å². The first-order chi connectivity index (χ1) is 13.1. The number of hydrogen-bond donors (Lipinski definition) is 1. The summed E-state index contributed by atoms with van der Waals surface area (Å²) in [5, 5.41) is 11.3. The second-order valence-electron chi connectivity index (χ2n) is 10.1. The Morgan fingerprint density at radius 1 is 0.679 bits per heavy atom. The van der Waals surface area contributed by atoms with Gasteiger partial charge in [0.15, 0.2) is 0 Å². The van der Waals surface area contributed by atoms with Gasteiger partial charge in [-0.1, -0.05) is 90.1 Å². The molecule has 0 bridgehead atoms. The molecule has 0 aliphatic heterocycles. The molecule has 0 spiro atoms. The van der Waals surface area contributed by atoms with Crippen LogP contribution in [0.15, 0.2) is 54.6 Å². The molecular weight excluding hydrogens is 340 g/mol. The van der Waals surface area contributed by atoms with E-state index in [1.165, 1.54) is 27.8 Å². The van der Waals surface area contributed by atoms with Crippen molar-refractivity contribution < 1.29 is 5.11 Å². The van der Waals surface area contributed by atoms with Crippen LogP contribution in [0.1, 0.15) is 63.8 Å². The topological polar surface area (TPSA) is 20.2 Å². The molecule has 0 unspecified atom stereocenters. The van der Waals surface area contributed by atoms with Crippen LogP contribution in [0, 0.1) is 0 Å². The third-order valence-electron chi connectivity index (χ3n) is 5.92. The van der Waals surface area contributed by atoms with E-state index in [1.807, 2.05) is 0 Å². The maximum absolute atomic E-state index is 11.3. The van der Waals surface area contributed by atoms with Crippen LogP contribution in [-0.4, -0.2) is 5.11 Å². The molecule has 144 valence electrons. The van der Waals surface area contributed by atoms with Gasteiger partial charge in [0.1, 0.15) is 5.75 Å². The third kappa shape index (κ3) is 3.03. The van der Waals surface area contributed by atoms with Crippen molar-refractivity contribution in [2.45, 2.75) is 58.8 Å². The third-order valence-corrected chi connectivity index (χ3v) is 5.92. The van der Waals surface area contributed by atoms with Gasteiger partial charge in [0.2, 0.25) is 0 Å². The highest BCUT2D eigenvalue weighted by atomic mass is 16.3. The molecule has 28 heavy (non-hydrogen) atoms. The van der Waals surface area contributed by atoms with Crippen molar-refractivity contribution in [2.24, 2.45) is 0 Å². The SMILES string of the molecule is CC(C)(C)c1cc(-c2cccc3c2Cc2ccccc2-3)c(O)c(C(C)(C)C)c1. The molecule has 0 amide bonds. The van der Waals surface area contributed by atoms with E-state index in [1.54, 1.807) is 0 Å². The fourth-order valence-electron chi connectivity index (χ4n) is 4.25. The number of rotatable bonds is 1. The van der Waals surface area contributed by atoms with E-state index in [4.69, 9.17) is 0 Å². The van der Waals surface area contributed by atoms with E-state index < -0.39 is 0 Å². The van der Waals surface area contributed by atoms with Crippen LogP contribution in [-0.2, 0) is 17.3 Å². The van der Waals surface area contributed by atoms with Crippen molar-refractivity contribution >= 4 is 0 Å². The van der Waals surface area contributed by atoms with E-state index in [0.29, 0.717) is 5.75 Å². The number of hydrogen-bond acceptors (Lipinski definition) is 1. The smallest absolute Gasteiger partial charge is 0.127 e. The monoisotopic (exact) mass is 370 g/mol. The minimum atomic E-state index is -0.124. The molecule has 0 atom stereocenters. The molecule has 1 aliphatic rings. The molecule has 1 aliphatic carbocycles. The van der Waals surface area contributed by atoms with Gasteiger partial charge in [0.05, 0.1) is 0 Å². The molecule has 0 saturated heterocycles. The summed E-state index contributed by atoms with van der Waals surface area (Å²) < 4.78 is 0. The van der Waals surface area contributed by atoms with Crippen LogP contribution < -0.4 is 0 Å². The molecule has 0 saturated carbocycles. The highest BCUT2D eigenvalue weighted by Gasteiger charge is 2.28. The predicted molar refractivity (Wildman–Crippen MR) is 119 cm³/mol. The highest BCUT2D eigenvalue weighted by Crippen LogP contribution is 2.47. The average Bonchev–Trinajstić information content (AvgIpc) is 2.99. The van der Waals surface area contributed by atoms with Crippen molar-refractivity contribution in [3.8, 4) is 28.0 Å². The zero-order chi connectivity index (χ0) is 20.3. The van der Waals surface area contributed by atoms with Gasteiger partial charge in [-0.15, -0.1) is 0 Å². The van der Waals surface area contributed by atoms with Gasteiger partial charge in [-0.05, 0) is 56.7 Å². The van der Waals surface area contributed by atoms with Crippen molar-refractivity contribution in [2.75, 3.05) is 0 Å². The van der Waals surface area contributed by atoms with Crippen molar-refractivity contribution in [1.29, 1.82) is 0 Å². The standard InChI is InChI=1S/C27H30O/c1-26(2,3)18-15-23(25(28)24(16-18)27(4,5)6)21-13-9-12-20-19-11-8-7-10-17(19)14-22(20)21/h7-13,15-16,28H,14H2,1-6H3. The van der Waals surface area contributed by atoms with Crippen molar-refractivity contribution in [3.63, 3.8) is 0 Å². The number of aromatic hydroxyl groups is 1. The Balaban J connectivity index is 1.99. The first-order valence-electron chi connectivity index (χ1n) is 10.2. The summed E-state index contributed by atoms with van der Waals surface area (Å²) in [7, 11) is 0. The molecule has 4 rings (SSSR count). The number of fused-ring (bicyclic) bond motifs is 3. The molecule has 0 radical (unpaired) electrons.